The van der Waals surface area contributed by atoms with Gasteiger partial charge in [0.1, 0.15) is 6.04 Å². The summed E-state index contributed by atoms with van der Waals surface area (Å²) in [6.07, 6.45) is 1.69. The van der Waals surface area contributed by atoms with E-state index in [-0.39, 0.29) is 23.8 Å². The van der Waals surface area contributed by atoms with Crippen LogP contribution in [0.3, 0.4) is 0 Å². The molecule has 0 bridgehead atoms. The van der Waals surface area contributed by atoms with Crippen molar-refractivity contribution in [1.29, 1.82) is 0 Å². The normalized spacial score (nSPS) is 21.9. The molecule has 3 N–H and O–H groups in total. The standard InChI is InChI=1S/C16H22N2O4S/c1-9(2)13(18-14(19)12-4-3-7-23-12)15(20)17-11-6-5-10(8-11)16(21)22/h3-4,7,9-11,13H,5-6,8H2,1-2H3,(H,17,20)(H,18,19)(H,21,22)/t10-,11+,13?/m1/s1. The van der Waals surface area contributed by atoms with Gasteiger partial charge >= 0.3 is 5.97 Å². The second-order valence-electron chi connectivity index (χ2n) is 6.23. The number of nitrogens with one attached hydrogen (secondary N) is 2. The van der Waals surface area contributed by atoms with Crippen LogP contribution in [0.4, 0.5) is 0 Å². The second kappa shape index (κ2) is 7.59. The summed E-state index contributed by atoms with van der Waals surface area (Å²) < 4.78 is 0. The molecule has 23 heavy (non-hydrogen) atoms. The van der Waals surface area contributed by atoms with Crippen LogP contribution in [0.1, 0.15) is 42.8 Å². The predicted molar refractivity (Wildman–Crippen MR) is 87.3 cm³/mol. The quantitative estimate of drug-likeness (QED) is 0.738. The molecule has 0 saturated heterocycles. The smallest absolute Gasteiger partial charge is 0.306 e. The predicted octanol–water partition coefficient (Wildman–Crippen LogP) is 1.87. The van der Waals surface area contributed by atoms with Crippen molar-refractivity contribution in [2.75, 3.05) is 0 Å². The van der Waals surface area contributed by atoms with Gasteiger partial charge in [0.2, 0.25) is 5.91 Å². The SMILES string of the molecule is CC(C)C(NC(=O)c1cccs1)C(=O)N[C@H]1CC[C@@H](C(=O)O)C1. The first-order valence-corrected chi connectivity index (χ1v) is 8.64. The summed E-state index contributed by atoms with van der Waals surface area (Å²) in [4.78, 5) is 36.1. The zero-order chi connectivity index (χ0) is 17.0. The molecule has 1 aliphatic rings. The van der Waals surface area contributed by atoms with Crippen molar-refractivity contribution in [1.82, 2.24) is 10.6 Å². The van der Waals surface area contributed by atoms with Gasteiger partial charge in [0, 0.05) is 6.04 Å². The van der Waals surface area contributed by atoms with Gasteiger partial charge in [-0.2, -0.15) is 0 Å². The Hall–Kier alpha value is -1.89. The van der Waals surface area contributed by atoms with Gasteiger partial charge in [-0.25, -0.2) is 0 Å². The molecule has 1 heterocycles. The number of carboxylic acids is 1. The second-order valence-corrected chi connectivity index (χ2v) is 7.17. The highest BCUT2D eigenvalue weighted by atomic mass is 32.1. The van der Waals surface area contributed by atoms with Crippen LogP contribution in [0.15, 0.2) is 17.5 Å². The number of carboxylic acid groups (broad SMARTS) is 1. The molecule has 1 aromatic heterocycles. The first-order chi connectivity index (χ1) is 10.9. The summed E-state index contributed by atoms with van der Waals surface area (Å²) in [6.45, 7) is 3.74. The molecule has 3 atom stereocenters. The van der Waals surface area contributed by atoms with Gasteiger partial charge in [0.15, 0.2) is 0 Å². The van der Waals surface area contributed by atoms with Crippen molar-refractivity contribution in [3.63, 3.8) is 0 Å². The van der Waals surface area contributed by atoms with Crippen LogP contribution < -0.4 is 10.6 Å². The Bertz CT molecular complexity index is 571. The van der Waals surface area contributed by atoms with Crippen LogP contribution in [-0.2, 0) is 9.59 Å². The van der Waals surface area contributed by atoms with E-state index in [2.05, 4.69) is 10.6 Å². The maximum absolute atomic E-state index is 12.5. The molecule has 6 nitrogen and oxygen atoms in total. The summed E-state index contributed by atoms with van der Waals surface area (Å²) in [6, 6.07) is 2.73. The minimum atomic E-state index is -0.812. The zero-order valence-corrected chi connectivity index (χ0v) is 14.1. The number of amides is 2. The highest BCUT2D eigenvalue weighted by Gasteiger charge is 2.33. The van der Waals surface area contributed by atoms with E-state index in [9.17, 15) is 14.4 Å². The lowest BCUT2D eigenvalue weighted by atomic mass is 10.0. The number of aliphatic carboxylic acids is 1. The van der Waals surface area contributed by atoms with E-state index in [1.807, 2.05) is 19.2 Å². The van der Waals surface area contributed by atoms with E-state index in [4.69, 9.17) is 5.11 Å². The maximum atomic E-state index is 12.5. The average Bonchev–Trinajstić information content (AvgIpc) is 3.14. The fourth-order valence-electron chi connectivity index (χ4n) is 2.78. The molecule has 0 aromatic carbocycles. The van der Waals surface area contributed by atoms with E-state index in [0.717, 1.165) is 0 Å². The molecule has 1 aromatic rings. The molecule has 2 amide bonds. The molecule has 126 valence electrons. The average molecular weight is 338 g/mol. The summed E-state index contributed by atoms with van der Waals surface area (Å²) in [5.41, 5.74) is 0. The molecule has 1 saturated carbocycles. The van der Waals surface area contributed by atoms with E-state index in [1.54, 1.807) is 12.1 Å². The molecule has 7 heteroatoms. The third-order valence-corrected chi connectivity index (χ3v) is 4.98. The number of hydrogen-bond acceptors (Lipinski definition) is 4. The van der Waals surface area contributed by atoms with E-state index >= 15 is 0 Å². The summed E-state index contributed by atoms with van der Waals surface area (Å²) in [7, 11) is 0. The Morgan fingerprint density at radius 2 is 2.04 bits per heavy atom. The molecule has 1 unspecified atom stereocenters. The number of carbonyl (C=O) groups excluding carboxylic acids is 2. The largest absolute Gasteiger partial charge is 0.481 e. The van der Waals surface area contributed by atoms with Gasteiger partial charge in [-0.15, -0.1) is 11.3 Å². The van der Waals surface area contributed by atoms with Gasteiger partial charge in [0.05, 0.1) is 10.8 Å². The number of hydrogen-bond donors (Lipinski definition) is 3. The zero-order valence-electron chi connectivity index (χ0n) is 13.2. The molecule has 1 fully saturated rings. The summed E-state index contributed by atoms with van der Waals surface area (Å²) in [5.74, 6) is -1.77. The lowest BCUT2D eigenvalue weighted by Crippen LogP contribution is -2.51. The van der Waals surface area contributed by atoms with E-state index < -0.39 is 17.9 Å². The minimum Gasteiger partial charge on any atom is -0.481 e. The van der Waals surface area contributed by atoms with Crippen LogP contribution >= 0.6 is 11.3 Å². The highest BCUT2D eigenvalue weighted by Crippen LogP contribution is 2.25. The third-order valence-electron chi connectivity index (χ3n) is 4.11. The van der Waals surface area contributed by atoms with Crippen molar-refractivity contribution in [2.24, 2.45) is 11.8 Å². The molecule has 1 aliphatic carbocycles. The fraction of sp³-hybridized carbons (Fsp3) is 0.562. The van der Waals surface area contributed by atoms with Crippen molar-refractivity contribution in [3.05, 3.63) is 22.4 Å². The van der Waals surface area contributed by atoms with Crippen molar-refractivity contribution < 1.29 is 19.5 Å². The van der Waals surface area contributed by atoms with Gasteiger partial charge in [-0.05, 0) is 36.6 Å². The molecule has 0 aliphatic heterocycles. The first kappa shape index (κ1) is 17.5. The highest BCUT2D eigenvalue weighted by molar-refractivity contribution is 7.12. The monoisotopic (exact) mass is 338 g/mol. The Labute approximate surface area is 139 Å². The van der Waals surface area contributed by atoms with Gasteiger partial charge < -0.3 is 15.7 Å². The van der Waals surface area contributed by atoms with Crippen molar-refractivity contribution >= 4 is 29.1 Å². The van der Waals surface area contributed by atoms with E-state index in [0.29, 0.717) is 24.1 Å². The molecular weight excluding hydrogens is 316 g/mol. The van der Waals surface area contributed by atoms with Gasteiger partial charge in [-0.1, -0.05) is 19.9 Å². The number of rotatable bonds is 6. The van der Waals surface area contributed by atoms with Crippen LogP contribution in [0.2, 0.25) is 0 Å². The fourth-order valence-corrected chi connectivity index (χ4v) is 3.41. The van der Waals surface area contributed by atoms with Gasteiger partial charge in [-0.3, -0.25) is 14.4 Å². The Morgan fingerprint density at radius 1 is 1.30 bits per heavy atom. The number of thiophene rings is 1. The van der Waals surface area contributed by atoms with Crippen LogP contribution in [-0.4, -0.2) is 35.0 Å². The molecule has 0 radical (unpaired) electrons. The molecule has 2 rings (SSSR count). The molecular formula is C16H22N2O4S. The Kier molecular flexibility index (Phi) is 5.76. The first-order valence-electron chi connectivity index (χ1n) is 7.76. The number of carbonyl (C=O) groups is 3. The minimum absolute atomic E-state index is 0.0596. The van der Waals surface area contributed by atoms with Crippen LogP contribution in [0.5, 0.6) is 0 Å². The Morgan fingerprint density at radius 3 is 2.57 bits per heavy atom. The molecule has 0 spiro atoms. The lowest BCUT2D eigenvalue weighted by molar-refractivity contribution is -0.141. The summed E-state index contributed by atoms with van der Waals surface area (Å²) in [5, 5.41) is 16.5. The Balaban J connectivity index is 1.94. The van der Waals surface area contributed by atoms with Crippen LogP contribution in [0, 0.1) is 11.8 Å². The summed E-state index contributed by atoms with van der Waals surface area (Å²) >= 11 is 1.32. The maximum Gasteiger partial charge on any atom is 0.306 e. The van der Waals surface area contributed by atoms with Crippen molar-refractivity contribution in [3.8, 4) is 0 Å². The van der Waals surface area contributed by atoms with Crippen LogP contribution in [0.25, 0.3) is 0 Å². The lowest BCUT2D eigenvalue weighted by Gasteiger charge is -2.23. The van der Waals surface area contributed by atoms with E-state index in [1.165, 1.54) is 11.3 Å². The third kappa shape index (κ3) is 4.54. The van der Waals surface area contributed by atoms with Crippen molar-refractivity contribution in [2.45, 2.75) is 45.2 Å². The van der Waals surface area contributed by atoms with Gasteiger partial charge in [0.25, 0.3) is 5.91 Å². The topological polar surface area (TPSA) is 95.5 Å².